The Kier molecular flexibility index (Phi) is 5.26. The van der Waals surface area contributed by atoms with Crippen LogP contribution >= 0.6 is 0 Å². The Bertz CT molecular complexity index is 432. The molecule has 0 atom stereocenters. The molecule has 0 amide bonds. The highest BCUT2D eigenvalue weighted by atomic mass is 32.2. The molecule has 1 rings (SSSR count). The van der Waals surface area contributed by atoms with Crippen LogP contribution in [-0.2, 0) is 14.8 Å². The second-order valence-corrected chi connectivity index (χ2v) is 4.99. The maximum atomic E-state index is 11.7. The third-order valence-electron chi connectivity index (χ3n) is 1.92. The molecule has 0 radical (unpaired) electrons. The van der Waals surface area contributed by atoms with Gasteiger partial charge in [-0.2, -0.15) is 0 Å². The van der Waals surface area contributed by atoms with Crippen molar-refractivity contribution >= 4 is 16.0 Å². The molecular weight excluding hydrogens is 244 g/mol. The fourth-order valence-corrected chi connectivity index (χ4v) is 2.04. The number of nitrogens with zero attached hydrogens (tertiary/aromatic N) is 2. The predicted octanol–water partition coefficient (Wildman–Crippen LogP) is -0.236. The summed E-state index contributed by atoms with van der Waals surface area (Å²) in [5, 5.41) is 0. The summed E-state index contributed by atoms with van der Waals surface area (Å²) in [5.74, 6) is 0.0419. The van der Waals surface area contributed by atoms with Crippen LogP contribution in [0.1, 0.15) is 13.3 Å². The first-order valence-corrected chi connectivity index (χ1v) is 6.69. The van der Waals surface area contributed by atoms with Crippen molar-refractivity contribution in [3.63, 3.8) is 0 Å². The molecule has 0 unspecified atom stereocenters. The molecule has 0 aliphatic carbocycles. The van der Waals surface area contributed by atoms with Gasteiger partial charge < -0.3 is 10.5 Å². The molecule has 8 heteroatoms. The van der Waals surface area contributed by atoms with Crippen LogP contribution in [0, 0.1) is 0 Å². The fourth-order valence-electron chi connectivity index (χ4n) is 1.07. The lowest BCUT2D eigenvalue weighted by molar-refractivity contribution is 0.146. The summed E-state index contributed by atoms with van der Waals surface area (Å²) in [7, 11) is -3.55. The molecule has 0 aliphatic rings. The Hall–Kier alpha value is -1.25. The lowest BCUT2D eigenvalue weighted by Crippen LogP contribution is -2.26. The molecule has 0 saturated carbocycles. The molecule has 0 spiro atoms. The molecular formula is C9H16N4O3S. The van der Waals surface area contributed by atoms with Gasteiger partial charge >= 0.3 is 0 Å². The van der Waals surface area contributed by atoms with Crippen molar-refractivity contribution in [3.8, 4) is 0 Å². The Morgan fingerprint density at radius 2 is 2.06 bits per heavy atom. The van der Waals surface area contributed by atoms with E-state index in [4.69, 9.17) is 10.5 Å². The van der Waals surface area contributed by atoms with E-state index >= 15 is 0 Å². The highest BCUT2D eigenvalue weighted by Gasteiger charge is 2.13. The average molecular weight is 260 g/mol. The monoisotopic (exact) mass is 260 g/mol. The van der Waals surface area contributed by atoms with E-state index in [2.05, 4.69) is 14.7 Å². The zero-order valence-corrected chi connectivity index (χ0v) is 10.4. The number of sulfonamides is 1. The Balaban J connectivity index is 2.48. The van der Waals surface area contributed by atoms with Crippen molar-refractivity contribution in [2.45, 2.75) is 18.2 Å². The Morgan fingerprint density at radius 1 is 1.41 bits per heavy atom. The number of nitrogens with two attached hydrogens (primary N) is 1. The van der Waals surface area contributed by atoms with Crippen LogP contribution in [0.25, 0.3) is 0 Å². The van der Waals surface area contributed by atoms with Crippen LogP contribution in [-0.4, -0.2) is 38.1 Å². The summed E-state index contributed by atoms with van der Waals surface area (Å²) in [6, 6.07) is 0. The summed E-state index contributed by atoms with van der Waals surface area (Å²) in [6.07, 6.45) is 2.96. The SMILES string of the molecule is CCOCCCNS(=O)(=O)c1cnc(N)nc1. The molecule has 0 aliphatic heterocycles. The number of anilines is 1. The van der Waals surface area contributed by atoms with Crippen molar-refractivity contribution in [1.29, 1.82) is 0 Å². The molecule has 96 valence electrons. The minimum atomic E-state index is -3.55. The van der Waals surface area contributed by atoms with Crippen LogP contribution in [0.4, 0.5) is 5.95 Å². The van der Waals surface area contributed by atoms with Crippen LogP contribution < -0.4 is 10.5 Å². The van der Waals surface area contributed by atoms with E-state index in [9.17, 15) is 8.42 Å². The zero-order valence-electron chi connectivity index (χ0n) is 9.59. The standard InChI is InChI=1S/C9H16N4O3S/c1-2-16-5-3-4-13-17(14,15)8-6-11-9(10)12-7-8/h6-7,13H,2-5H2,1H3,(H2,10,11,12). The fraction of sp³-hybridized carbons (Fsp3) is 0.556. The van der Waals surface area contributed by atoms with E-state index < -0.39 is 10.0 Å². The molecule has 0 fully saturated rings. The molecule has 0 saturated heterocycles. The van der Waals surface area contributed by atoms with E-state index in [1.165, 1.54) is 12.4 Å². The topological polar surface area (TPSA) is 107 Å². The summed E-state index contributed by atoms with van der Waals surface area (Å²) < 4.78 is 30.9. The van der Waals surface area contributed by atoms with Crippen molar-refractivity contribution in [2.75, 3.05) is 25.5 Å². The lowest BCUT2D eigenvalue weighted by atomic mass is 10.5. The van der Waals surface area contributed by atoms with Crippen molar-refractivity contribution in [2.24, 2.45) is 0 Å². The van der Waals surface area contributed by atoms with E-state index in [0.29, 0.717) is 26.2 Å². The molecule has 3 N–H and O–H groups in total. The van der Waals surface area contributed by atoms with Gasteiger partial charge in [-0.05, 0) is 13.3 Å². The van der Waals surface area contributed by atoms with Crippen LogP contribution in [0.2, 0.25) is 0 Å². The van der Waals surface area contributed by atoms with Gasteiger partial charge in [0.15, 0.2) is 0 Å². The summed E-state index contributed by atoms with van der Waals surface area (Å²) in [6.45, 7) is 3.35. The Labute approximate surface area is 100 Å². The highest BCUT2D eigenvalue weighted by Crippen LogP contribution is 2.05. The summed E-state index contributed by atoms with van der Waals surface area (Å²) in [4.78, 5) is 7.25. The van der Waals surface area contributed by atoms with Crippen molar-refractivity contribution in [3.05, 3.63) is 12.4 Å². The van der Waals surface area contributed by atoms with Gasteiger partial charge in [0.2, 0.25) is 16.0 Å². The predicted molar refractivity (Wildman–Crippen MR) is 62.7 cm³/mol. The smallest absolute Gasteiger partial charge is 0.243 e. The highest BCUT2D eigenvalue weighted by molar-refractivity contribution is 7.89. The van der Waals surface area contributed by atoms with Gasteiger partial charge in [-0.1, -0.05) is 0 Å². The van der Waals surface area contributed by atoms with E-state index in [1.54, 1.807) is 0 Å². The van der Waals surface area contributed by atoms with Gasteiger partial charge in [0.05, 0.1) is 12.4 Å². The van der Waals surface area contributed by atoms with E-state index in [1.807, 2.05) is 6.92 Å². The quantitative estimate of drug-likeness (QED) is 0.655. The van der Waals surface area contributed by atoms with Crippen molar-refractivity contribution in [1.82, 2.24) is 14.7 Å². The summed E-state index contributed by atoms with van der Waals surface area (Å²) >= 11 is 0. The van der Waals surface area contributed by atoms with Crippen LogP contribution in [0.3, 0.4) is 0 Å². The molecule has 1 heterocycles. The van der Waals surface area contributed by atoms with E-state index in [0.717, 1.165) is 0 Å². The minimum Gasteiger partial charge on any atom is -0.382 e. The molecule has 0 aromatic carbocycles. The largest absolute Gasteiger partial charge is 0.382 e. The second kappa shape index (κ2) is 6.48. The number of hydrogen-bond donors (Lipinski definition) is 2. The number of rotatable bonds is 7. The van der Waals surface area contributed by atoms with E-state index in [-0.39, 0.29) is 10.8 Å². The zero-order chi connectivity index (χ0) is 12.7. The lowest BCUT2D eigenvalue weighted by Gasteiger charge is -2.06. The molecule has 17 heavy (non-hydrogen) atoms. The third-order valence-corrected chi connectivity index (χ3v) is 3.34. The molecule has 0 bridgehead atoms. The molecule has 1 aromatic heterocycles. The van der Waals surface area contributed by atoms with Crippen LogP contribution in [0.5, 0.6) is 0 Å². The van der Waals surface area contributed by atoms with Crippen LogP contribution in [0.15, 0.2) is 17.3 Å². The first-order chi connectivity index (χ1) is 8.06. The number of hydrogen-bond acceptors (Lipinski definition) is 6. The average Bonchev–Trinajstić information content (AvgIpc) is 2.29. The second-order valence-electron chi connectivity index (χ2n) is 3.23. The van der Waals surface area contributed by atoms with Crippen molar-refractivity contribution < 1.29 is 13.2 Å². The number of nitrogens with one attached hydrogen (secondary N) is 1. The Morgan fingerprint density at radius 3 is 2.65 bits per heavy atom. The normalized spacial score (nSPS) is 11.6. The van der Waals surface area contributed by atoms with Gasteiger partial charge in [-0.25, -0.2) is 23.1 Å². The summed E-state index contributed by atoms with van der Waals surface area (Å²) in [5.41, 5.74) is 5.27. The molecule has 1 aromatic rings. The maximum absolute atomic E-state index is 11.7. The number of ether oxygens (including phenoxy) is 1. The number of aromatic nitrogens is 2. The van der Waals surface area contributed by atoms with Gasteiger partial charge in [0, 0.05) is 19.8 Å². The van der Waals surface area contributed by atoms with Gasteiger partial charge in [0.25, 0.3) is 0 Å². The molecule has 7 nitrogen and oxygen atoms in total. The van der Waals surface area contributed by atoms with Gasteiger partial charge in [-0.3, -0.25) is 0 Å². The third kappa shape index (κ3) is 4.63. The number of nitrogen functional groups attached to an aromatic ring is 1. The van der Waals surface area contributed by atoms with Gasteiger partial charge in [-0.15, -0.1) is 0 Å². The minimum absolute atomic E-state index is 0.00288. The van der Waals surface area contributed by atoms with Gasteiger partial charge in [0.1, 0.15) is 4.90 Å². The first kappa shape index (κ1) is 13.8. The first-order valence-electron chi connectivity index (χ1n) is 5.21. The maximum Gasteiger partial charge on any atom is 0.243 e.